The van der Waals surface area contributed by atoms with E-state index in [0.29, 0.717) is 5.56 Å². The van der Waals surface area contributed by atoms with E-state index in [2.05, 4.69) is 26.1 Å². The van der Waals surface area contributed by atoms with Gasteiger partial charge in [-0.15, -0.1) is 0 Å². The van der Waals surface area contributed by atoms with Gasteiger partial charge in [-0.3, -0.25) is 4.79 Å². The molecule has 1 atom stereocenters. The van der Waals surface area contributed by atoms with Crippen LogP contribution in [0.5, 0.6) is 0 Å². The lowest BCUT2D eigenvalue weighted by molar-refractivity contribution is -0.141. The highest BCUT2D eigenvalue weighted by molar-refractivity contribution is 5.96. The van der Waals surface area contributed by atoms with E-state index in [-0.39, 0.29) is 17.2 Å². The first-order chi connectivity index (χ1) is 10.8. The third-order valence-electron chi connectivity index (χ3n) is 4.69. The van der Waals surface area contributed by atoms with Crippen molar-refractivity contribution in [2.24, 2.45) is 5.92 Å². The number of hydrogen-bond acceptors (Lipinski definition) is 2. The number of hydrogen-bond donors (Lipinski definition) is 2. The summed E-state index contributed by atoms with van der Waals surface area (Å²) < 4.78 is 0. The Balaban J connectivity index is 2.07. The number of nitrogens with one attached hydrogen (secondary N) is 1. The van der Waals surface area contributed by atoms with Crippen molar-refractivity contribution in [2.75, 3.05) is 0 Å². The van der Waals surface area contributed by atoms with Gasteiger partial charge in [-0.1, -0.05) is 52.2 Å². The molecule has 0 aliphatic heterocycles. The molecule has 1 aromatic rings. The van der Waals surface area contributed by atoms with Crippen LogP contribution < -0.4 is 5.32 Å². The molecule has 1 aromatic carbocycles. The van der Waals surface area contributed by atoms with Gasteiger partial charge in [0.15, 0.2) is 0 Å². The van der Waals surface area contributed by atoms with Gasteiger partial charge >= 0.3 is 5.97 Å². The molecule has 23 heavy (non-hydrogen) atoms. The zero-order valence-corrected chi connectivity index (χ0v) is 14.3. The molecule has 0 saturated heterocycles. The molecule has 4 nitrogen and oxygen atoms in total. The van der Waals surface area contributed by atoms with E-state index < -0.39 is 12.0 Å². The van der Waals surface area contributed by atoms with Gasteiger partial charge < -0.3 is 10.4 Å². The van der Waals surface area contributed by atoms with E-state index >= 15 is 0 Å². The third-order valence-corrected chi connectivity index (χ3v) is 4.69. The topological polar surface area (TPSA) is 66.4 Å². The summed E-state index contributed by atoms with van der Waals surface area (Å²) in [5.74, 6) is -1.20. The highest BCUT2D eigenvalue weighted by Crippen LogP contribution is 2.27. The van der Waals surface area contributed by atoms with Crippen molar-refractivity contribution in [3.8, 4) is 0 Å². The summed E-state index contributed by atoms with van der Waals surface area (Å²) in [6.07, 6.45) is 5.00. The number of carboxylic acids is 1. The molecule has 2 rings (SSSR count). The molecule has 0 bridgehead atoms. The highest BCUT2D eigenvalue weighted by Gasteiger charge is 2.31. The lowest BCUT2D eigenvalue weighted by atomic mass is 9.83. The SMILES string of the molecule is CC(C)(C)c1ccc(C(=O)N[C@@H](C(=O)O)C2CCCCC2)cc1. The molecule has 0 aromatic heterocycles. The summed E-state index contributed by atoms with van der Waals surface area (Å²) in [7, 11) is 0. The van der Waals surface area contributed by atoms with Crippen molar-refractivity contribution in [3.63, 3.8) is 0 Å². The van der Waals surface area contributed by atoms with Crippen LogP contribution in [-0.2, 0) is 10.2 Å². The molecule has 1 saturated carbocycles. The summed E-state index contributed by atoms with van der Waals surface area (Å²) in [5, 5.41) is 12.2. The zero-order chi connectivity index (χ0) is 17.0. The van der Waals surface area contributed by atoms with Gasteiger partial charge in [0.25, 0.3) is 5.91 Å². The minimum Gasteiger partial charge on any atom is -0.480 e. The molecule has 1 aliphatic rings. The van der Waals surface area contributed by atoms with Crippen LogP contribution in [-0.4, -0.2) is 23.0 Å². The Hall–Kier alpha value is -1.84. The second-order valence-electron chi connectivity index (χ2n) is 7.51. The molecule has 126 valence electrons. The molecule has 0 radical (unpaired) electrons. The van der Waals surface area contributed by atoms with Crippen molar-refractivity contribution < 1.29 is 14.7 Å². The van der Waals surface area contributed by atoms with Crippen molar-refractivity contribution in [3.05, 3.63) is 35.4 Å². The number of rotatable bonds is 4. The van der Waals surface area contributed by atoms with E-state index in [4.69, 9.17) is 0 Å². The van der Waals surface area contributed by atoms with Gasteiger partial charge in [0.1, 0.15) is 6.04 Å². The van der Waals surface area contributed by atoms with Gasteiger partial charge in [0.2, 0.25) is 0 Å². The third kappa shape index (κ3) is 4.57. The van der Waals surface area contributed by atoms with Gasteiger partial charge in [0, 0.05) is 5.56 Å². The maximum absolute atomic E-state index is 12.4. The van der Waals surface area contributed by atoms with Crippen LogP contribution in [0.1, 0.15) is 68.8 Å². The summed E-state index contributed by atoms with van der Waals surface area (Å²) in [5.41, 5.74) is 1.69. The van der Waals surface area contributed by atoms with E-state index in [9.17, 15) is 14.7 Å². The molecule has 1 aliphatic carbocycles. The molecule has 1 amide bonds. The second kappa shape index (κ2) is 7.16. The molecule has 0 unspecified atom stereocenters. The standard InChI is InChI=1S/C19H27NO3/c1-19(2,3)15-11-9-14(10-12-15)17(21)20-16(18(22)23)13-7-5-4-6-8-13/h9-13,16H,4-8H2,1-3H3,(H,20,21)(H,22,23)/t16-/m1/s1. The fourth-order valence-corrected chi connectivity index (χ4v) is 3.19. The smallest absolute Gasteiger partial charge is 0.326 e. The minimum atomic E-state index is -0.934. The van der Waals surface area contributed by atoms with Gasteiger partial charge in [0.05, 0.1) is 0 Å². The highest BCUT2D eigenvalue weighted by atomic mass is 16.4. The number of carbonyl (C=O) groups is 2. The molecular weight excluding hydrogens is 290 g/mol. The number of carboxylic acid groups (broad SMARTS) is 1. The molecule has 0 spiro atoms. The van der Waals surface area contributed by atoms with Crippen LogP contribution in [0.25, 0.3) is 0 Å². The average molecular weight is 317 g/mol. The maximum Gasteiger partial charge on any atom is 0.326 e. The Kier molecular flexibility index (Phi) is 5.45. The van der Waals surface area contributed by atoms with Crippen molar-refractivity contribution in [1.82, 2.24) is 5.32 Å². The summed E-state index contributed by atoms with van der Waals surface area (Å²) in [4.78, 5) is 23.9. The Bertz CT molecular complexity index is 551. The van der Waals surface area contributed by atoms with Gasteiger partial charge in [-0.25, -0.2) is 4.79 Å². The lowest BCUT2D eigenvalue weighted by Crippen LogP contribution is -2.46. The van der Waals surface area contributed by atoms with E-state index in [1.54, 1.807) is 12.1 Å². The number of benzene rings is 1. The van der Waals surface area contributed by atoms with E-state index in [1.807, 2.05) is 12.1 Å². The molecule has 0 heterocycles. The van der Waals surface area contributed by atoms with Crippen molar-refractivity contribution in [2.45, 2.75) is 64.3 Å². The Morgan fingerprint density at radius 1 is 1.09 bits per heavy atom. The first-order valence-corrected chi connectivity index (χ1v) is 8.43. The van der Waals surface area contributed by atoms with Crippen molar-refractivity contribution in [1.29, 1.82) is 0 Å². The van der Waals surface area contributed by atoms with Crippen molar-refractivity contribution >= 4 is 11.9 Å². The van der Waals surface area contributed by atoms with Crippen LogP contribution in [0.3, 0.4) is 0 Å². The molecule has 2 N–H and O–H groups in total. The monoisotopic (exact) mass is 317 g/mol. The number of carbonyl (C=O) groups excluding carboxylic acids is 1. The largest absolute Gasteiger partial charge is 0.480 e. The zero-order valence-electron chi connectivity index (χ0n) is 14.3. The van der Waals surface area contributed by atoms with Crippen LogP contribution >= 0.6 is 0 Å². The molecular formula is C19H27NO3. The predicted molar refractivity (Wildman–Crippen MR) is 90.6 cm³/mol. The first kappa shape index (κ1) is 17.5. The van der Waals surface area contributed by atoms with Crippen LogP contribution in [0.4, 0.5) is 0 Å². The molecule has 1 fully saturated rings. The van der Waals surface area contributed by atoms with Gasteiger partial charge in [-0.2, -0.15) is 0 Å². The quantitative estimate of drug-likeness (QED) is 0.889. The summed E-state index contributed by atoms with van der Waals surface area (Å²) >= 11 is 0. The fourth-order valence-electron chi connectivity index (χ4n) is 3.19. The van der Waals surface area contributed by atoms with Crippen LogP contribution in [0.15, 0.2) is 24.3 Å². The maximum atomic E-state index is 12.4. The Morgan fingerprint density at radius 2 is 1.65 bits per heavy atom. The average Bonchev–Trinajstić information content (AvgIpc) is 2.52. The van der Waals surface area contributed by atoms with E-state index in [0.717, 1.165) is 37.7 Å². The predicted octanol–water partition coefficient (Wildman–Crippen LogP) is 3.75. The summed E-state index contributed by atoms with van der Waals surface area (Å²) in [6, 6.07) is 6.63. The fraction of sp³-hybridized carbons (Fsp3) is 0.579. The van der Waals surface area contributed by atoms with Crippen LogP contribution in [0, 0.1) is 5.92 Å². The lowest BCUT2D eigenvalue weighted by Gasteiger charge is -2.28. The first-order valence-electron chi connectivity index (χ1n) is 8.43. The Labute approximate surface area is 138 Å². The summed E-state index contributed by atoms with van der Waals surface area (Å²) in [6.45, 7) is 6.35. The number of amides is 1. The second-order valence-corrected chi connectivity index (χ2v) is 7.51. The minimum absolute atomic E-state index is 0.0285. The Morgan fingerprint density at radius 3 is 2.13 bits per heavy atom. The number of aliphatic carboxylic acids is 1. The van der Waals surface area contributed by atoms with Crippen LogP contribution in [0.2, 0.25) is 0 Å². The normalized spacial score (nSPS) is 17.5. The molecule has 4 heteroatoms. The van der Waals surface area contributed by atoms with Gasteiger partial charge in [-0.05, 0) is 41.9 Å². The van der Waals surface area contributed by atoms with E-state index in [1.165, 1.54) is 0 Å².